The maximum Gasteiger partial charge on any atom is 0.245 e. The molecule has 6 rings (SSSR count). The average molecular weight is 394 g/mol. The fourth-order valence-electron chi connectivity index (χ4n) is 4.64. The number of para-hydroxylation sites is 1. The van der Waals surface area contributed by atoms with Crippen LogP contribution in [0.2, 0.25) is 0 Å². The van der Waals surface area contributed by atoms with Crippen molar-refractivity contribution < 1.29 is 19.0 Å². The molecule has 2 aromatic carbocycles. The molecule has 6 heteroatoms. The molecule has 0 aromatic heterocycles. The van der Waals surface area contributed by atoms with Gasteiger partial charge in [0, 0.05) is 44.6 Å². The molecule has 152 valence electrons. The number of carbonyl (C=O) groups excluding carboxylic acids is 1. The maximum absolute atomic E-state index is 13.2. The highest BCUT2D eigenvalue weighted by atomic mass is 16.5. The third kappa shape index (κ3) is 2.69. The standard InChI is InChI=1S/C19H18N2O3.C4H8O/c1-20-7-8-23-17-10-16-13(9-15(17)20)19(11-24-16)12-5-3-4-6-14(12)21(2)18(19)22;1-2-4-5-3-1/h3-6,9-10H,7-8,11H2,1-2H3;1-4H2. The third-order valence-corrected chi connectivity index (χ3v) is 6.28. The number of carbonyl (C=O) groups is 1. The van der Waals surface area contributed by atoms with Crippen LogP contribution in [0.25, 0.3) is 0 Å². The highest BCUT2D eigenvalue weighted by Crippen LogP contribution is 2.54. The number of anilines is 2. The maximum atomic E-state index is 13.2. The summed E-state index contributed by atoms with van der Waals surface area (Å²) in [5.41, 5.74) is 3.20. The molecule has 1 fully saturated rings. The van der Waals surface area contributed by atoms with Crippen LogP contribution in [0.4, 0.5) is 11.4 Å². The van der Waals surface area contributed by atoms with Gasteiger partial charge in [-0.15, -0.1) is 0 Å². The van der Waals surface area contributed by atoms with Crippen LogP contribution in [0.5, 0.6) is 11.5 Å². The van der Waals surface area contributed by atoms with Gasteiger partial charge in [-0.3, -0.25) is 4.79 Å². The number of rotatable bonds is 0. The van der Waals surface area contributed by atoms with Crippen molar-refractivity contribution in [1.29, 1.82) is 0 Å². The van der Waals surface area contributed by atoms with Crippen LogP contribution in [0, 0.1) is 0 Å². The molecule has 0 bridgehead atoms. The number of fused-ring (bicyclic) bond motifs is 5. The summed E-state index contributed by atoms with van der Waals surface area (Å²) in [6.45, 7) is 3.84. The van der Waals surface area contributed by atoms with Gasteiger partial charge in [-0.1, -0.05) is 18.2 Å². The topological polar surface area (TPSA) is 51.2 Å². The summed E-state index contributed by atoms with van der Waals surface area (Å²) in [6.07, 6.45) is 2.56. The van der Waals surface area contributed by atoms with E-state index >= 15 is 0 Å². The molecule has 0 aliphatic carbocycles. The summed E-state index contributed by atoms with van der Waals surface area (Å²) in [6, 6.07) is 12.0. The van der Waals surface area contributed by atoms with Crippen LogP contribution in [0.1, 0.15) is 24.0 Å². The molecular weight excluding hydrogens is 368 g/mol. The molecule has 1 saturated heterocycles. The van der Waals surface area contributed by atoms with Crippen LogP contribution in [-0.4, -0.2) is 53.0 Å². The average Bonchev–Trinajstić information content (AvgIpc) is 3.47. The zero-order valence-corrected chi connectivity index (χ0v) is 16.9. The van der Waals surface area contributed by atoms with Gasteiger partial charge in [-0.05, 0) is 30.5 Å². The summed E-state index contributed by atoms with van der Waals surface area (Å²) < 4.78 is 16.7. The van der Waals surface area contributed by atoms with Crippen molar-refractivity contribution in [2.45, 2.75) is 18.3 Å². The van der Waals surface area contributed by atoms with E-state index in [9.17, 15) is 4.79 Å². The van der Waals surface area contributed by atoms with E-state index in [1.807, 2.05) is 44.4 Å². The van der Waals surface area contributed by atoms with E-state index in [4.69, 9.17) is 14.2 Å². The number of hydrogen-bond acceptors (Lipinski definition) is 5. The van der Waals surface area contributed by atoms with Crippen LogP contribution < -0.4 is 19.3 Å². The number of nitrogens with zero attached hydrogens (tertiary/aromatic N) is 2. The second-order valence-corrected chi connectivity index (χ2v) is 7.98. The first-order chi connectivity index (χ1) is 14.1. The van der Waals surface area contributed by atoms with Gasteiger partial charge in [-0.2, -0.15) is 0 Å². The van der Waals surface area contributed by atoms with Crippen LogP contribution in [-0.2, 0) is 14.9 Å². The lowest BCUT2D eigenvalue weighted by molar-refractivity contribution is -0.121. The minimum absolute atomic E-state index is 0.0711. The normalized spacial score (nSPS) is 23.7. The van der Waals surface area contributed by atoms with Crippen LogP contribution in [0.3, 0.4) is 0 Å². The molecule has 1 amide bonds. The van der Waals surface area contributed by atoms with Crippen molar-refractivity contribution >= 4 is 17.3 Å². The Balaban J connectivity index is 0.000000319. The molecule has 0 radical (unpaired) electrons. The molecule has 1 spiro atoms. The lowest BCUT2D eigenvalue weighted by Gasteiger charge is -2.29. The monoisotopic (exact) mass is 394 g/mol. The zero-order valence-electron chi connectivity index (χ0n) is 16.9. The van der Waals surface area contributed by atoms with Gasteiger partial charge < -0.3 is 24.0 Å². The van der Waals surface area contributed by atoms with E-state index in [-0.39, 0.29) is 5.91 Å². The van der Waals surface area contributed by atoms with Crippen molar-refractivity contribution in [3.8, 4) is 11.5 Å². The lowest BCUT2D eigenvalue weighted by Crippen LogP contribution is -2.41. The molecule has 4 heterocycles. The van der Waals surface area contributed by atoms with Crippen molar-refractivity contribution in [2.24, 2.45) is 0 Å². The molecule has 0 N–H and O–H groups in total. The Morgan fingerprint density at radius 2 is 1.69 bits per heavy atom. The summed E-state index contributed by atoms with van der Waals surface area (Å²) in [4.78, 5) is 17.1. The second-order valence-electron chi connectivity index (χ2n) is 7.98. The summed E-state index contributed by atoms with van der Waals surface area (Å²) >= 11 is 0. The lowest BCUT2D eigenvalue weighted by atomic mass is 9.77. The smallest absolute Gasteiger partial charge is 0.245 e. The molecular formula is C23H26N2O4. The molecule has 2 aromatic rings. The summed E-state index contributed by atoms with van der Waals surface area (Å²) in [5, 5.41) is 0. The quantitative estimate of drug-likeness (QED) is 0.688. The van der Waals surface area contributed by atoms with E-state index < -0.39 is 5.41 Å². The van der Waals surface area contributed by atoms with Gasteiger partial charge in [0.2, 0.25) is 5.91 Å². The Morgan fingerprint density at radius 3 is 2.45 bits per heavy atom. The van der Waals surface area contributed by atoms with Gasteiger partial charge in [-0.25, -0.2) is 0 Å². The largest absolute Gasteiger partial charge is 0.491 e. The first-order valence-electron chi connectivity index (χ1n) is 10.2. The van der Waals surface area contributed by atoms with E-state index in [0.717, 1.165) is 53.8 Å². The van der Waals surface area contributed by atoms with Crippen molar-refractivity contribution in [3.63, 3.8) is 0 Å². The van der Waals surface area contributed by atoms with Crippen LogP contribution >= 0.6 is 0 Å². The van der Waals surface area contributed by atoms with Gasteiger partial charge in [0.05, 0.1) is 12.2 Å². The second kappa shape index (κ2) is 6.95. The predicted molar refractivity (Wildman–Crippen MR) is 111 cm³/mol. The Labute approximate surface area is 171 Å². The van der Waals surface area contributed by atoms with Crippen LogP contribution in [0.15, 0.2) is 36.4 Å². The Hall–Kier alpha value is -2.73. The number of hydrogen-bond donors (Lipinski definition) is 0. The number of benzene rings is 2. The fraction of sp³-hybridized carbons (Fsp3) is 0.435. The van der Waals surface area contributed by atoms with Crippen molar-refractivity contribution in [1.82, 2.24) is 0 Å². The SMILES string of the molecule is C1CCOC1.CN1CCOc2cc3c(cc21)C1(CO3)C(=O)N(C)c2ccccc21. The minimum Gasteiger partial charge on any atom is -0.491 e. The summed E-state index contributed by atoms with van der Waals surface area (Å²) in [7, 11) is 3.88. The van der Waals surface area contributed by atoms with Gasteiger partial charge in [0.15, 0.2) is 0 Å². The Bertz CT molecular complexity index is 948. The van der Waals surface area contributed by atoms with Crippen molar-refractivity contribution in [3.05, 3.63) is 47.5 Å². The van der Waals surface area contributed by atoms with E-state index in [1.165, 1.54) is 12.8 Å². The number of amides is 1. The Kier molecular flexibility index (Phi) is 4.39. The van der Waals surface area contributed by atoms with Crippen molar-refractivity contribution in [2.75, 3.05) is 56.9 Å². The van der Waals surface area contributed by atoms with Gasteiger partial charge in [0.1, 0.15) is 30.1 Å². The van der Waals surface area contributed by atoms with E-state index in [1.54, 1.807) is 4.90 Å². The summed E-state index contributed by atoms with van der Waals surface area (Å²) in [5.74, 6) is 1.65. The third-order valence-electron chi connectivity index (χ3n) is 6.28. The molecule has 4 aliphatic heterocycles. The first-order valence-corrected chi connectivity index (χ1v) is 10.2. The van der Waals surface area contributed by atoms with Gasteiger partial charge in [0.25, 0.3) is 0 Å². The minimum atomic E-state index is -0.742. The Morgan fingerprint density at radius 1 is 0.897 bits per heavy atom. The highest BCUT2D eigenvalue weighted by Gasteiger charge is 2.56. The van der Waals surface area contributed by atoms with Gasteiger partial charge >= 0.3 is 0 Å². The van der Waals surface area contributed by atoms with E-state index in [0.29, 0.717) is 13.2 Å². The number of likely N-dealkylation sites (N-methyl/N-ethyl adjacent to an activating group) is 2. The molecule has 4 aliphatic rings. The molecule has 0 saturated carbocycles. The number of ether oxygens (including phenoxy) is 3. The zero-order chi connectivity index (χ0) is 20.0. The fourth-order valence-corrected chi connectivity index (χ4v) is 4.64. The first kappa shape index (κ1) is 18.3. The molecule has 6 nitrogen and oxygen atoms in total. The molecule has 1 atom stereocenters. The predicted octanol–water partition coefficient (Wildman–Crippen LogP) is 2.97. The molecule has 1 unspecified atom stereocenters. The van der Waals surface area contributed by atoms with E-state index in [2.05, 4.69) is 11.0 Å². The molecule has 29 heavy (non-hydrogen) atoms. The highest BCUT2D eigenvalue weighted by molar-refractivity contribution is 6.11.